The van der Waals surface area contributed by atoms with Gasteiger partial charge in [0.1, 0.15) is 5.82 Å². The van der Waals surface area contributed by atoms with Crippen molar-refractivity contribution in [1.82, 2.24) is 9.97 Å². The van der Waals surface area contributed by atoms with Crippen LogP contribution in [0, 0.1) is 25.2 Å². The Kier molecular flexibility index (Phi) is 3.70. The Bertz CT molecular complexity index is 431. The van der Waals surface area contributed by atoms with Crippen molar-refractivity contribution in [3.8, 4) is 0 Å². The summed E-state index contributed by atoms with van der Waals surface area (Å²) in [7, 11) is 0. The Morgan fingerprint density at radius 1 is 1.11 bits per heavy atom. The van der Waals surface area contributed by atoms with E-state index >= 15 is 0 Å². The third kappa shape index (κ3) is 2.99. The first kappa shape index (κ1) is 14.1. The van der Waals surface area contributed by atoms with Crippen molar-refractivity contribution in [3.05, 3.63) is 11.3 Å². The lowest BCUT2D eigenvalue weighted by molar-refractivity contribution is 0.198. The zero-order valence-electron chi connectivity index (χ0n) is 12.8. The number of piperidine rings is 1. The number of hydrogen-bond acceptors (Lipinski definition) is 4. The number of aryl methyl sites for hydroxylation is 1. The molecule has 106 valence electrons. The Morgan fingerprint density at radius 3 is 2.16 bits per heavy atom. The first-order chi connectivity index (χ1) is 8.79. The minimum Gasteiger partial charge on any atom is -0.383 e. The summed E-state index contributed by atoms with van der Waals surface area (Å²) in [4.78, 5) is 11.3. The summed E-state index contributed by atoms with van der Waals surface area (Å²) in [5.41, 5.74) is 8.33. The van der Waals surface area contributed by atoms with Crippen LogP contribution in [0.1, 0.15) is 44.9 Å². The predicted octanol–water partition coefficient (Wildman–Crippen LogP) is 2.94. The van der Waals surface area contributed by atoms with Crippen LogP contribution in [0.3, 0.4) is 0 Å². The molecule has 0 unspecified atom stereocenters. The highest BCUT2D eigenvalue weighted by atomic mass is 15.3. The van der Waals surface area contributed by atoms with E-state index < -0.39 is 0 Å². The van der Waals surface area contributed by atoms with E-state index in [-0.39, 0.29) is 0 Å². The van der Waals surface area contributed by atoms with E-state index in [4.69, 9.17) is 5.73 Å². The molecule has 1 aromatic rings. The molecular formula is C15H26N4. The molecule has 1 saturated heterocycles. The molecule has 2 N–H and O–H groups in total. The Balaban J connectivity index is 2.10. The van der Waals surface area contributed by atoms with Crippen molar-refractivity contribution in [2.45, 2.75) is 47.5 Å². The van der Waals surface area contributed by atoms with Crippen LogP contribution < -0.4 is 10.6 Å². The Morgan fingerprint density at radius 2 is 1.68 bits per heavy atom. The van der Waals surface area contributed by atoms with Crippen LogP contribution in [-0.4, -0.2) is 23.1 Å². The van der Waals surface area contributed by atoms with Gasteiger partial charge in [0.25, 0.3) is 0 Å². The van der Waals surface area contributed by atoms with Gasteiger partial charge in [-0.1, -0.05) is 20.8 Å². The summed E-state index contributed by atoms with van der Waals surface area (Å²) in [6.07, 6.45) is 2.42. The Labute approximate surface area is 116 Å². The second-order valence-corrected chi connectivity index (χ2v) is 6.75. The number of anilines is 2. The fourth-order valence-electron chi connectivity index (χ4n) is 2.72. The highest BCUT2D eigenvalue weighted by molar-refractivity contribution is 5.47. The third-order valence-corrected chi connectivity index (χ3v) is 4.42. The van der Waals surface area contributed by atoms with Crippen LogP contribution in [0.25, 0.3) is 0 Å². The van der Waals surface area contributed by atoms with Gasteiger partial charge in [-0.05, 0) is 38.0 Å². The molecule has 1 aromatic heterocycles. The maximum absolute atomic E-state index is 5.95. The number of nitrogen functional groups attached to an aromatic ring is 1. The molecule has 2 heterocycles. The van der Waals surface area contributed by atoms with Crippen molar-refractivity contribution >= 4 is 11.8 Å². The Hall–Kier alpha value is -1.32. The van der Waals surface area contributed by atoms with Gasteiger partial charge in [-0.25, -0.2) is 4.98 Å². The fraction of sp³-hybridized carbons (Fsp3) is 0.733. The molecule has 2 rings (SSSR count). The van der Waals surface area contributed by atoms with Gasteiger partial charge in [0, 0.05) is 24.3 Å². The largest absolute Gasteiger partial charge is 0.383 e. The number of hydrogen-bond donors (Lipinski definition) is 1. The average Bonchev–Trinajstić information content (AvgIpc) is 2.34. The zero-order valence-corrected chi connectivity index (χ0v) is 12.8. The first-order valence-corrected chi connectivity index (χ1v) is 7.14. The van der Waals surface area contributed by atoms with Crippen molar-refractivity contribution in [3.63, 3.8) is 0 Å². The van der Waals surface area contributed by atoms with Gasteiger partial charge in [0.15, 0.2) is 0 Å². The van der Waals surface area contributed by atoms with E-state index in [1.54, 1.807) is 0 Å². The molecule has 0 atom stereocenters. The van der Waals surface area contributed by atoms with Gasteiger partial charge in [-0.3, -0.25) is 0 Å². The summed E-state index contributed by atoms with van der Waals surface area (Å²) in [5.74, 6) is 2.20. The highest BCUT2D eigenvalue weighted by Gasteiger charge is 2.29. The molecule has 0 amide bonds. The molecule has 4 heteroatoms. The summed E-state index contributed by atoms with van der Waals surface area (Å²) in [6.45, 7) is 13.0. The lowest BCUT2D eigenvalue weighted by atomic mass is 9.75. The van der Waals surface area contributed by atoms with Crippen molar-refractivity contribution in [2.75, 3.05) is 23.7 Å². The zero-order chi connectivity index (χ0) is 14.2. The van der Waals surface area contributed by atoms with E-state index in [1.165, 1.54) is 12.8 Å². The molecule has 1 fully saturated rings. The SMILES string of the molecule is Cc1nc(N2CCC(C(C)(C)C)CC2)nc(N)c1C. The molecule has 1 aliphatic heterocycles. The quantitative estimate of drug-likeness (QED) is 0.845. The number of nitrogens with zero attached hydrogens (tertiary/aromatic N) is 3. The molecular weight excluding hydrogens is 236 g/mol. The maximum atomic E-state index is 5.95. The van der Waals surface area contributed by atoms with E-state index in [9.17, 15) is 0 Å². The molecule has 19 heavy (non-hydrogen) atoms. The van der Waals surface area contributed by atoms with Crippen LogP contribution in [0.15, 0.2) is 0 Å². The minimum atomic E-state index is 0.398. The van der Waals surface area contributed by atoms with Gasteiger partial charge < -0.3 is 10.6 Å². The molecule has 0 radical (unpaired) electrons. The number of aromatic nitrogens is 2. The standard InChI is InChI=1S/C15H26N4/c1-10-11(2)17-14(18-13(10)16)19-8-6-12(7-9-19)15(3,4)5/h12H,6-9H2,1-5H3,(H2,16,17,18). The third-order valence-electron chi connectivity index (χ3n) is 4.42. The van der Waals surface area contributed by atoms with E-state index in [0.717, 1.165) is 36.2 Å². The van der Waals surface area contributed by atoms with Gasteiger partial charge in [0.05, 0.1) is 0 Å². The summed E-state index contributed by atoms with van der Waals surface area (Å²) < 4.78 is 0. The summed E-state index contributed by atoms with van der Waals surface area (Å²) >= 11 is 0. The average molecular weight is 262 g/mol. The predicted molar refractivity (Wildman–Crippen MR) is 80.3 cm³/mol. The normalized spacial score (nSPS) is 17.8. The lowest BCUT2D eigenvalue weighted by Gasteiger charge is -2.38. The fourth-order valence-corrected chi connectivity index (χ4v) is 2.72. The maximum Gasteiger partial charge on any atom is 0.227 e. The van der Waals surface area contributed by atoms with Gasteiger partial charge in [-0.2, -0.15) is 4.98 Å². The van der Waals surface area contributed by atoms with Crippen molar-refractivity contribution in [1.29, 1.82) is 0 Å². The smallest absolute Gasteiger partial charge is 0.227 e. The van der Waals surface area contributed by atoms with E-state index in [2.05, 4.69) is 35.6 Å². The van der Waals surface area contributed by atoms with Crippen LogP contribution in [0.4, 0.5) is 11.8 Å². The molecule has 4 nitrogen and oxygen atoms in total. The van der Waals surface area contributed by atoms with Gasteiger partial charge in [0.2, 0.25) is 5.95 Å². The van der Waals surface area contributed by atoms with Crippen LogP contribution >= 0.6 is 0 Å². The molecule has 0 aromatic carbocycles. The van der Waals surface area contributed by atoms with Gasteiger partial charge in [-0.15, -0.1) is 0 Å². The van der Waals surface area contributed by atoms with E-state index in [1.807, 2.05) is 13.8 Å². The topological polar surface area (TPSA) is 55.0 Å². The molecule has 0 aliphatic carbocycles. The lowest BCUT2D eigenvalue weighted by Crippen LogP contribution is -2.39. The monoisotopic (exact) mass is 262 g/mol. The second kappa shape index (κ2) is 4.99. The second-order valence-electron chi connectivity index (χ2n) is 6.75. The van der Waals surface area contributed by atoms with Gasteiger partial charge >= 0.3 is 0 Å². The van der Waals surface area contributed by atoms with Crippen LogP contribution in [0.2, 0.25) is 0 Å². The number of nitrogens with two attached hydrogens (primary N) is 1. The molecule has 0 saturated carbocycles. The number of rotatable bonds is 1. The van der Waals surface area contributed by atoms with Crippen molar-refractivity contribution in [2.24, 2.45) is 11.3 Å². The van der Waals surface area contributed by atoms with E-state index in [0.29, 0.717) is 11.2 Å². The molecule has 0 bridgehead atoms. The van der Waals surface area contributed by atoms with Crippen LogP contribution in [0.5, 0.6) is 0 Å². The van der Waals surface area contributed by atoms with Crippen LogP contribution in [-0.2, 0) is 0 Å². The highest BCUT2D eigenvalue weighted by Crippen LogP contribution is 2.35. The summed E-state index contributed by atoms with van der Waals surface area (Å²) in [5, 5.41) is 0. The molecule has 0 spiro atoms. The minimum absolute atomic E-state index is 0.398. The molecule has 1 aliphatic rings. The first-order valence-electron chi connectivity index (χ1n) is 7.14. The summed E-state index contributed by atoms with van der Waals surface area (Å²) in [6, 6.07) is 0. The van der Waals surface area contributed by atoms with Crippen molar-refractivity contribution < 1.29 is 0 Å².